The predicted octanol–water partition coefficient (Wildman–Crippen LogP) is 2.12. The Hall–Kier alpha value is -0.110. The maximum absolute atomic E-state index is 12.4. The number of hydrogen-bond acceptors (Lipinski definition) is 1. The van der Waals surface area contributed by atoms with Crippen LogP contribution in [0.15, 0.2) is 0 Å². The van der Waals surface area contributed by atoms with Crippen LogP contribution in [0, 0.1) is 0 Å². The molecule has 1 saturated heterocycles. The van der Waals surface area contributed by atoms with E-state index in [9.17, 15) is 4.39 Å². The molecule has 1 heterocycles. The van der Waals surface area contributed by atoms with Crippen molar-refractivity contribution in [3.05, 3.63) is 0 Å². The highest BCUT2D eigenvalue weighted by molar-refractivity contribution is 4.64. The second-order valence-corrected chi connectivity index (χ2v) is 2.30. The van der Waals surface area contributed by atoms with E-state index in [0.717, 1.165) is 25.8 Å². The normalized spacial score (nSPS) is 26.1. The molecule has 0 saturated carbocycles. The van der Waals surface area contributed by atoms with Crippen molar-refractivity contribution in [1.29, 1.82) is 0 Å². The molecule has 1 fully saturated rings. The van der Waals surface area contributed by atoms with Crippen molar-refractivity contribution >= 4 is 0 Å². The molecule has 10 heavy (non-hydrogen) atoms. The van der Waals surface area contributed by atoms with Crippen molar-refractivity contribution < 1.29 is 4.39 Å². The molecule has 0 aromatic heterocycles. The van der Waals surface area contributed by atoms with Crippen molar-refractivity contribution in [2.24, 2.45) is 0 Å². The summed E-state index contributed by atoms with van der Waals surface area (Å²) in [6.07, 6.45) is 2.36. The van der Waals surface area contributed by atoms with E-state index < -0.39 is 6.17 Å². The van der Waals surface area contributed by atoms with Gasteiger partial charge in [-0.3, -0.25) is 0 Å². The Bertz CT molecular complexity index is 58.3. The Kier molecular flexibility index (Phi) is 6.93. The summed E-state index contributed by atoms with van der Waals surface area (Å²) in [6.45, 7) is 5.57. The fourth-order valence-corrected chi connectivity index (χ4v) is 0.977. The van der Waals surface area contributed by atoms with E-state index in [2.05, 4.69) is 5.32 Å². The van der Waals surface area contributed by atoms with E-state index in [1.165, 1.54) is 0 Å². The van der Waals surface area contributed by atoms with Gasteiger partial charge in [-0.05, 0) is 25.8 Å². The van der Waals surface area contributed by atoms with E-state index in [0.29, 0.717) is 6.54 Å². The molecule has 0 aromatic carbocycles. The third kappa shape index (κ3) is 4.74. The quantitative estimate of drug-likeness (QED) is 0.553. The van der Waals surface area contributed by atoms with Gasteiger partial charge in [-0.15, -0.1) is 0 Å². The molecular weight excluding hydrogens is 129 g/mol. The highest BCUT2D eigenvalue weighted by atomic mass is 19.1. The molecule has 0 spiro atoms. The molecule has 0 bridgehead atoms. The molecule has 0 aliphatic carbocycles. The summed E-state index contributed by atoms with van der Waals surface area (Å²) in [5.74, 6) is 0. The van der Waals surface area contributed by atoms with Crippen LogP contribution in [0.1, 0.15) is 33.1 Å². The number of rotatable bonds is 0. The standard InChI is InChI=1S/C6H12FN.C2H6/c7-6-3-1-2-4-8-5-6;1-2/h6,8H,1-5H2;1-2H3. The van der Waals surface area contributed by atoms with Crippen molar-refractivity contribution in [2.45, 2.75) is 39.3 Å². The fraction of sp³-hybridized carbons (Fsp3) is 1.00. The molecule has 1 aliphatic heterocycles. The molecule has 1 nitrogen and oxygen atoms in total. The molecule has 1 N–H and O–H groups in total. The van der Waals surface area contributed by atoms with E-state index >= 15 is 0 Å². The SMILES string of the molecule is CC.FC1CCCCNC1. The predicted molar refractivity (Wildman–Crippen MR) is 43.0 cm³/mol. The molecular formula is C8H18FN. The van der Waals surface area contributed by atoms with Crippen molar-refractivity contribution in [1.82, 2.24) is 5.32 Å². The van der Waals surface area contributed by atoms with Gasteiger partial charge in [-0.2, -0.15) is 0 Å². The summed E-state index contributed by atoms with van der Waals surface area (Å²) in [5, 5.41) is 3.02. The number of alkyl halides is 1. The van der Waals surface area contributed by atoms with Crippen LogP contribution in [-0.4, -0.2) is 19.3 Å². The van der Waals surface area contributed by atoms with Crippen LogP contribution in [0.5, 0.6) is 0 Å². The van der Waals surface area contributed by atoms with Gasteiger partial charge >= 0.3 is 0 Å². The van der Waals surface area contributed by atoms with Gasteiger partial charge in [0.05, 0.1) is 0 Å². The van der Waals surface area contributed by atoms with Gasteiger partial charge in [0.2, 0.25) is 0 Å². The van der Waals surface area contributed by atoms with Crippen molar-refractivity contribution in [3.8, 4) is 0 Å². The van der Waals surface area contributed by atoms with Crippen LogP contribution in [0.2, 0.25) is 0 Å². The summed E-state index contributed by atoms with van der Waals surface area (Å²) in [5.41, 5.74) is 0. The first-order chi connectivity index (χ1) is 4.89. The number of nitrogens with one attached hydrogen (secondary N) is 1. The molecule has 1 aliphatic rings. The first-order valence-corrected chi connectivity index (χ1v) is 4.24. The molecule has 0 aromatic rings. The summed E-state index contributed by atoms with van der Waals surface area (Å²) in [6, 6.07) is 0. The first-order valence-electron chi connectivity index (χ1n) is 4.24. The highest BCUT2D eigenvalue weighted by Crippen LogP contribution is 2.06. The largest absolute Gasteiger partial charge is 0.314 e. The maximum Gasteiger partial charge on any atom is 0.112 e. The second-order valence-electron chi connectivity index (χ2n) is 2.30. The third-order valence-electron chi connectivity index (χ3n) is 1.49. The van der Waals surface area contributed by atoms with Crippen LogP contribution in [0.4, 0.5) is 4.39 Å². The van der Waals surface area contributed by atoms with Gasteiger partial charge in [-0.1, -0.05) is 13.8 Å². The van der Waals surface area contributed by atoms with E-state index in [4.69, 9.17) is 0 Å². The minimum absolute atomic E-state index is 0.569. The molecule has 1 rings (SSSR count). The number of halogens is 1. The average Bonchev–Trinajstić information content (AvgIpc) is 2.21. The van der Waals surface area contributed by atoms with Crippen LogP contribution in [-0.2, 0) is 0 Å². The van der Waals surface area contributed by atoms with Crippen LogP contribution in [0.3, 0.4) is 0 Å². The zero-order valence-corrected chi connectivity index (χ0v) is 6.99. The lowest BCUT2D eigenvalue weighted by molar-refractivity contribution is 0.314. The molecule has 1 atom stereocenters. The van der Waals surface area contributed by atoms with Gasteiger partial charge in [0.25, 0.3) is 0 Å². The van der Waals surface area contributed by atoms with Gasteiger partial charge < -0.3 is 5.32 Å². The average molecular weight is 147 g/mol. The van der Waals surface area contributed by atoms with Crippen LogP contribution >= 0.6 is 0 Å². The maximum atomic E-state index is 12.4. The van der Waals surface area contributed by atoms with Crippen LogP contribution in [0.25, 0.3) is 0 Å². The lowest BCUT2D eigenvalue weighted by Crippen LogP contribution is -2.20. The van der Waals surface area contributed by atoms with Crippen LogP contribution < -0.4 is 5.32 Å². The second kappa shape index (κ2) is 7.00. The molecule has 0 radical (unpaired) electrons. The lowest BCUT2D eigenvalue weighted by Gasteiger charge is -1.99. The summed E-state index contributed by atoms with van der Waals surface area (Å²) in [7, 11) is 0. The first kappa shape index (κ1) is 9.89. The molecule has 2 heteroatoms. The zero-order chi connectivity index (χ0) is 7.82. The van der Waals surface area contributed by atoms with E-state index in [1.54, 1.807) is 0 Å². The van der Waals surface area contributed by atoms with E-state index in [-0.39, 0.29) is 0 Å². The third-order valence-corrected chi connectivity index (χ3v) is 1.49. The minimum Gasteiger partial charge on any atom is -0.314 e. The van der Waals surface area contributed by atoms with Crippen molar-refractivity contribution in [2.75, 3.05) is 13.1 Å². The monoisotopic (exact) mass is 147 g/mol. The minimum atomic E-state index is -0.586. The Balaban J connectivity index is 0.000000371. The van der Waals surface area contributed by atoms with Gasteiger partial charge in [0.1, 0.15) is 6.17 Å². The Labute approximate surface area is 63.0 Å². The Morgan fingerprint density at radius 1 is 1.30 bits per heavy atom. The Morgan fingerprint density at radius 3 is 2.70 bits per heavy atom. The lowest BCUT2D eigenvalue weighted by atomic mass is 10.2. The summed E-state index contributed by atoms with van der Waals surface area (Å²) < 4.78 is 12.4. The van der Waals surface area contributed by atoms with Gasteiger partial charge in [-0.25, -0.2) is 4.39 Å². The Morgan fingerprint density at radius 2 is 2.00 bits per heavy atom. The smallest absolute Gasteiger partial charge is 0.112 e. The van der Waals surface area contributed by atoms with E-state index in [1.807, 2.05) is 13.8 Å². The topological polar surface area (TPSA) is 12.0 Å². The van der Waals surface area contributed by atoms with Gasteiger partial charge in [0, 0.05) is 6.54 Å². The summed E-state index contributed by atoms with van der Waals surface area (Å²) in [4.78, 5) is 0. The molecule has 62 valence electrons. The molecule has 0 amide bonds. The fourth-order valence-electron chi connectivity index (χ4n) is 0.977. The molecule has 1 unspecified atom stereocenters. The number of hydrogen-bond donors (Lipinski definition) is 1. The highest BCUT2D eigenvalue weighted by Gasteiger charge is 2.07. The van der Waals surface area contributed by atoms with Crippen molar-refractivity contribution in [3.63, 3.8) is 0 Å². The summed E-state index contributed by atoms with van der Waals surface area (Å²) >= 11 is 0. The zero-order valence-electron chi connectivity index (χ0n) is 6.99. The van der Waals surface area contributed by atoms with Gasteiger partial charge in [0.15, 0.2) is 0 Å².